The second kappa shape index (κ2) is 7.09. The summed E-state index contributed by atoms with van der Waals surface area (Å²) in [5.41, 5.74) is 7.11. The van der Waals surface area contributed by atoms with Crippen molar-refractivity contribution >= 4 is 11.6 Å². The Kier molecular flexibility index (Phi) is 5.42. The van der Waals surface area contributed by atoms with Crippen molar-refractivity contribution in [2.75, 3.05) is 18.1 Å². The number of hydrogen-bond donors (Lipinski definition) is 3. The standard InChI is InChI=1S/C16H28N4O/c1-11(2)20(3)10-12-8-15(17)19-16(9-12)18-13-4-6-14(21)7-5-13/h8-9,11,13-14,21H,4-7,10H2,1-3H3,(H3,17,18,19)/t13-,14-. The highest BCUT2D eigenvalue weighted by molar-refractivity contribution is 5.47. The molecule has 2 rings (SSSR count). The van der Waals surface area contributed by atoms with Gasteiger partial charge in [0.05, 0.1) is 6.10 Å². The topological polar surface area (TPSA) is 74.4 Å². The van der Waals surface area contributed by atoms with E-state index < -0.39 is 0 Å². The summed E-state index contributed by atoms with van der Waals surface area (Å²) < 4.78 is 0. The number of aliphatic hydroxyl groups excluding tert-OH is 1. The highest BCUT2D eigenvalue weighted by atomic mass is 16.3. The molecule has 1 fully saturated rings. The van der Waals surface area contributed by atoms with Crippen molar-refractivity contribution in [3.63, 3.8) is 0 Å². The molecule has 5 nitrogen and oxygen atoms in total. The molecule has 4 N–H and O–H groups in total. The maximum Gasteiger partial charge on any atom is 0.128 e. The number of nitrogens with two attached hydrogens (primary N) is 1. The Morgan fingerprint density at radius 1 is 1.33 bits per heavy atom. The summed E-state index contributed by atoms with van der Waals surface area (Å²) in [6, 6.07) is 4.91. The average Bonchev–Trinajstić information content (AvgIpc) is 2.40. The number of rotatable bonds is 5. The number of nitrogen functional groups attached to an aromatic ring is 1. The summed E-state index contributed by atoms with van der Waals surface area (Å²) in [7, 11) is 2.11. The average molecular weight is 292 g/mol. The van der Waals surface area contributed by atoms with Crippen molar-refractivity contribution in [1.29, 1.82) is 0 Å². The molecule has 0 radical (unpaired) electrons. The molecular formula is C16H28N4O. The van der Waals surface area contributed by atoms with Gasteiger partial charge in [0.1, 0.15) is 11.6 Å². The summed E-state index contributed by atoms with van der Waals surface area (Å²) in [6.45, 7) is 5.22. The number of aliphatic hydroxyl groups is 1. The van der Waals surface area contributed by atoms with Crippen molar-refractivity contribution in [2.45, 2.75) is 64.3 Å². The summed E-state index contributed by atoms with van der Waals surface area (Å²) >= 11 is 0. The third-order valence-electron chi connectivity index (χ3n) is 4.27. The predicted octanol–water partition coefficient (Wildman–Crippen LogP) is 2.22. The van der Waals surface area contributed by atoms with Gasteiger partial charge < -0.3 is 16.2 Å². The lowest BCUT2D eigenvalue weighted by atomic mass is 9.93. The molecule has 1 aliphatic rings. The smallest absolute Gasteiger partial charge is 0.128 e. The second-order valence-corrected chi connectivity index (χ2v) is 6.44. The lowest BCUT2D eigenvalue weighted by Gasteiger charge is -2.27. The summed E-state index contributed by atoms with van der Waals surface area (Å²) in [5, 5.41) is 13.0. The minimum Gasteiger partial charge on any atom is -0.393 e. The molecule has 0 bridgehead atoms. The minimum absolute atomic E-state index is 0.132. The normalized spacial score (nSPS) is 22.8. The fourth-order valence-corrected chi connectivity index (χ4v) is 2.68. The quantitative estimate of drug-likeness (QED) is 0.776. The van der Waals surface area contributed by atoms with Gasteiger partial charge in [-0.25, -0.2) is 4.98 Å². The van der Waals surface area contributed by atoms with Gasteiger partial charge in [-0.2, -0.15) is 0 Å². The van der Waals surface area contributed by atoms with Crippen LogP contribution in [0.25, 0.3) is 0 Å². The van der Waals surface area contributed by atoms with Gasteiger partial charge in [0.15, 0.2) is 0 Å². The van der Waals surface area contributed by atoms with Crippen LogP contribution < -0.4 is 11.1 Å². The van der Waals surface area contributed by atoms with Gasteiger partial charge in [0, 0.05) is 18.6 Å². The molecule has 0 atom stereocenters. The Bertz CT molecular complexity index is 456. The third kappa shape index (κ3) is 4.86. The Balaban J connectivity index is 2.01. The van der Waals surface area contributed by atoms with Gasteiger partial charge in [-0.15, -0.1) is 0 Å². The largest absolute Gasteiger partial charge is 0.393 e. The number of pyridine rings is 1. The van der Waals surface area contributed by atoms with E-state index in [2.05, 4.69) is 42.2 Å². The monoisotopic (exact) mass is 292 g/mol. The molecule has 1 heterocycles. The molecule has 0 aliphatic heterocycles. The fourth-order valence-electron chi connectivity index (χ4n) is 2.68. The molecule has 0 unspecified atom stereocenters. The zero-order valence-corrected chi connectivity index (χ0v) is 13.3. The first-order chi connectivity index (χ1) is 9.94. The zero-order chi connectivity index (χ0) is 15.4. The van der Waals surface area contributed by atoms with Crippen molar-refractivity contribution in [1.82, 2.24) is 9.88 Å². The molecule has 0 amide bonds. The van der Waals surface area contributed by atoms with Crippen LogP contribution in [0.2, 0.25) is 0 Å². The molecule has 0 saturated heterocycles. The predicted molar refractivity (Wildman–Crippen MR) is 87.1 cm³/mol. The van der Waals surface area contributed by atoms with Crippen LogP contribution in [0, 0.1) is 0 Å². The maximum absolute atomic E-state index is 9.56. The third-order valence-corrected chi connectivity index (χ3v) is 4.27. The van der Waals surface area contributed by atoms with E-state index in [9.17, 15) is 5.11 Å². The van der Waals surface area contributed by atoms with E-state index in [-0.39, 0.29) is 6.10 Å². The molecule has 1 aromatic heterocycles. The summed E-state index contributed by atoms with van der Waals surface area (Å²) in [5.74, 6) is 1.41. The Morgan fingerprint density at radius 3 is 2.62 bits per heavy atom. The second-order valence-electron chi connectivity index (χ2n) is 6.44. The Hall–Kier alpha value is -1.33. The highest BCUT2D eigenvalue weighted by Crippen LogP contribution is 2.23. The molecule has 0 spiro atoms. The van der Waals surface area contributed by atoms with Crippen LogP contribution in [0.5, 0.6) is 0 Å². The first kappa shape index (κ1) is 16.0. The molecule has 0 aromatic carbocycles. The van der Waals surface area contributed by atoms with Crippen molar-refractivity contribution in [2.24, 2.45) is 0 Å². The number of nitrogens with zero attached hydrogens (tertiary/aromatic N) is 2. The Labute approximate surface area is 127 Å². The first-order valence-electron chi connectivity index (χ1n) is 7.85. The van der Waals surface area contributed by atoms with Gasteiger partial charge in [-0.3, -0.25) is 4.90 Å². The zero-order valence-electron chi connectivity index (χ0n) is 13.3. The first-order valence-corrected chi connectivity index (χ1v) is 7.85. The number of anilines is 2. The lowest BCUT2D eigenvalue weighted by molar-refractivity contribution is 0.126. The lowest BCUT2D eigenvalue weighted by Crippen LogP contribution is -2.29. The molecule has 1 aliphatic carbocycles. The SMILES string of the molecule is CC(C)N(C)Cc1cc(N)nc(N[C@H]2CC[C@H](O)CC2)c1. The molecule has 1 aromatic rings. The van der Waals surface area contributed by atoms with E-state index in [1.165, 1.54) is 5.56 Å². The van der Waals surface area contributed by atoms with Gasteiger partial charge in [0.2, 0.25) is 0 Å². The number of nitrogens with one attached hydrogen (secondary N) is 1. The van der Waals surface area contributed by atoms with E-state index in [0.29, 0.717) is 17.9 Å². The molecule has 5 heteroatoms. The molecule has 1 saturated carbocycles. The van der Waals surface area contributed by atoms with Crippen LogP contribution in [0.15, 0.2) is 12.1 Å². The maximum atomic E-state index is 9.56. The Morgan fingerprint density at radius 2 is 2.00 bits per heavy atom. The van der Waals surface area contributed by atoms with Crippen molar-refractivity contribution in [3.05, 3.63) is 17.7 Å². The van der Waals surface area contributed by atoms with E-state index >= 15 is 0 Å². The highest BCUT2D eigenvalue weighted by Gasteiger charge is 2.19. The van der Waals surface area contributed by atoms with Crippen LogP contribution >= 0.6 is 0 Å². The van der Waals surface area contributed by atoms with Crippen LogP contribution in [-0.2, 0) is 6.54 Å². The van der Waals surface area contributed by atoms with Crippen LogP contribution in [0.3, 0.4) is 0 Å². The van der Waals surface area contributed by atoms with Gasteiger partial charge in [-0.1, -0.05) is 0 Å². The van der Waals surface area contributed by atoms with Crippen molar-refractivity contribution < 1.29 is 5.11 Å². The fraction of sp³-hybridized carbons (Fsp3) is 0.688. The molecule has 21 heavy (non-hydrogen) atoms. The minimum atomic E-state index is -0.132. The van der Waals surface area contributed by atoms with E-state index in [1.54, 1.807) is 0 Å². The summed E-state index contributed by atoms with van der Waals surface area (Å²) in [6.07, 6.45) is 3.57. The van der Waals surface area contributed by atoms with Gasteiger partial charge in [0.25, 0.3) is 0 Å². The summed E-state index contributed by atoms with van der Waals surface area (Å²) in [4.78, 5) is 6.66. The van der Waals surface area contributed by atoms with Crippen molar-refractivity contribution in [3.8, 4) is 0 Å². The number of aromatic nitrogens is 1. The molecular weight excluding hydrogens is 264 g/mol. The molecule has 118 valence electrons. The van der Waals surface area contributed by atoms with E-state index in [4.69, 9.17) is 5.73 Å². The van der Waals surface area contributed by atoms with Gasteiger partial charge >= 0.3 is 0 Å². The number of hydrogen-bond acceptors (Lipinski definition) is 5. The van der Waals surface area contributed by atoms with Crippen LogP contribution in [0.1, 0.15) is 45.1 Å². The van der Waals surface area contributed by atoms with E-state index in [1.807, 2.05) is 6.07 Å². The van der Waals surface area contributed by atoms with Gasteiger partial charge in [-0.05, 0) is 64.3 Å². The van der Waals surface area contributed by atoms with Crippen LogP contribution in [0.4, 0.5) is 11.6 Å². The van der Waals surface area contributed by atoms with E-state index in [0.717, 1.165) is 38.0 Å². The van der Waals surface area contributed by atoms with Crippen LogP contribution in [-0.4, -0.2) is 40.2 Å².